The van der Waals surface area contributed by atoms with Crippen LogP contribution in [0.3, 0.4) is 0 Å². The smallest absolute Gasteiger partial charge is 0.340 e. The molecule has 162 valence electrons. The van der Waals surface area contributed by atoms with Gasteiger partial charge in [0.1, 0.15) is 5.75 Å². The number of esters is 1. The molecule has 0 spiro atoms. The Bertz CT molecular complexity index is 981. The van der Waals surface area contributed by atoms with E-state index >= 15 is 0 Å². The minimum Gasteiger partial charge on any atom is -0.497 e. The van der Waals surface area contributed by atoms with Gasteiger partial charge in [0.25, 0.3) is 0 Å². The molecule has 1 fully saturated rings. The van der Waals surface area contributed by atoms with E-state index in [4.69, 9.17) is 9.47 Å². The Morgan fingerprint density at radius 2 is 1.73 bits per heavy atom. The molecule has 8 heteroatoms. The van der Waals surface area contributed by atoms with Crippen LogP contribution in [0, 0.1) is 0 Å². The summed E-state index contributed by atoms with van der Waals surface area (Å²) in [6, 6.07) is 12.3. The first-order valence-corrected chi connectivity index (χ1v) is 11.4. The van der Waals surface area contributed by atoms with Crippen molar-refractivity contribution in [3.05, 3.63) is 53.6 Å². The molecule has 0 amide bonds. The number of rotatable bonds is 8. The van der Waals surface area contributed by atoms with E-state index in [1.807, 2.05) is 24.3 Å². The summed E-state index contributed by atoms with van der Waals surface area (Å²) in [6.45, 7) is 1.88. The maximum absolute atomic E-state index is 12.9. The van der Waals surface area contributed by atoms with Crippen LogP contribution in [0.5, 0.6) is 5.75 Å². The molecule has 0 radical (unpaired) electrons. The molecule has 0 saturated carbocycles. The Labute approximate surface area is 178 Å². The summed E-state index contributed by atoms with van der Waals surface area (Å²) in [7, 11) is 0.900. The van der Waals surface area contributed by atoms with Gasteiger partial charge in [-0.2, -0.15) is 0 Å². The first-order chi connectivity index (χ1) is 14.3. The van der Waals surface area contributed by atoms with Crippen LogP contribution in [0.25, 0.3) is 0 Å². The second-order valence-corrected chi connectivity index (χ2v) is 9.55. The van der Waals surface area contributed by atoms with Crippen molar-refractivity contribution < 1.29 is 22.7 Å². The number of benzene rings is 2. The van der Waals surface area contributed by atoms with Crippen molar-refractivity contribution >= 4 is 21.7 Å². The zero-order chi connectivity index (χ0) is 21.7. The van der Waals surface area contributed by atoms with Gasteiger partial charge < -0.3 is 14.4 Å². The summed E-state index contributed by atoms with van der Waals surface area (Å²) in [4.78, 5) is 15.1. The molecule has 1 aliphatic rings. The van der Waals surface area contributed by atoms with Crippen LogP contribution in [-0.4, -0.2) is 59.6 Å². The third-order valence-corrected chi connectivity index (χ3v) is 7.01. The van der Waals surface area contributed by atoms with Gasteiger partial charge in [-0.25, -0.2) is 17.5 Å². The third kappa shape index (κ3) is 4.94. The van der Waals surface area contributed by atoms with Crippen molar-refractivity contribution in [2.75, 3.05) is 45.8 Å². The van der Waals surface area contributed by atoms with E-state index in [9.17, 15) is 13.2 Å². The molecule has 30 heavy (non-hydrogen) atoms. The van der Waals surface area contributed by atoms with E-state index in [0.717, 1.165) is 47.2 Å². The Balaban J connectivity index is 1.79. The molecule has 0 aliphatic carbocycles. The third-order valence-electron chi connectivity index (χ3n) is 5.20. The van der Waals surface area contributed by atoms with Crippen molar-refractivity contribution in [1.82, 2.24) is 4.31 Å². The van der Waals surface area contributed by atoms with Crippen LogP contribution >= 0.6 is 0 Å². The van der Waals surface area contributed by atoms with Crippen LogP contribution in [0.4, 0.5) is 5.69 Å². The number of anilines is 1. The van der Waals surface area contributed by atoms with E-state index in [-0.39, 0.29) is 17.1 Å². The van der Waals surface area contributed by atoms with Crippen molar-refractivity contribution in [3.63, 3.8) is 0 Å². The lowest BCUT2D eigenvalue weighted by Gasteiger charge is -2.22. The minimum atomic E-state index is -3.65. The molecule has 3 rings (SSSR count). The molecule has 1 heterocycles. The molecule has 0 N–H and O–H groups in total. The van der Waals surface area contributed by atoms with Crippen LogP contribution in [0.2, 0.25) is 0 Å². The first kappa shape index (κ1) is 22.1. The van der Waals surface area contributed by atoms with E-state index in [1.165, 1.54) is 20.2 Å². The average molecular weight is 433 g/mol. The summed E-state index contributed by atoms with van der Waals surface area (Å²) in [6.07, 6.45) is 2.65. The Kier molecular flexibility index (Phi) is 6.99. The number of hydrogen-bond acceptors (Lipinski definition) is 6. The van der Waals surface area contributed by atoms with Gasteiger partial charge in [0, 0.05) is 33.6 Å². The fraction of sp³-hybridized carbons (Fsp3) is 0.409. The van der Waals surface area contributed by atoms with Gasteiger partial charge in [-0.1, -0.05) is 12.1 Å². The molecule has 1 saturated heterocycles. The maximum Gasteiger partial charge on any atom is 0.340 e. The number of ether oxygens (including phenoxy) is 2. The van der Waals surface area contributed by atoms with E-state index < -0.39 is 16.0 Å². The van der Waals surface area contributed by atoms with Gasteiger partial charge >= 0.3 is 5.97 Å². The Morgan fingerprint density at radius 1 is 1.07 bits per heavy atom. The highest BCUT2D eigenvalue weighted by Gasteiger charge is 2.25. The van der Waals surface area contributed by atoms with Gasteiger partial charge in [-0.15, -0.1) is 0 Å². The first-order valence-electron chi connectivity index (χ1n) is 9.94. The summed E-state index contributed by atoms with van der Waals surface area (Å²) in [5.41, 5.74) is 2.03. The van der Waals surface area contributed by atoms with Gasteiger partial charge in [-0.05, 0) is 48.7 Å². The molecule has 7 nitrogen and oxygen atoms in total. The van der Waals surface area contributed by atoms with Gasteiger partial charge in [0.2, 0.25) is 10.0 Å². The monoisotopic (exact) mass is 432 g/mol. The largest absolute Gasteiger partial charge is 0.497 e. The van der Waals surface area contributed by atoms with Crippen LogP contribution in [0.1, 0.15) is 28.8 Å². The summed E-state index contributed by atoms with van der Waals surface area (Å²) in [5.74, 6) is 0.256. The average Bonchev–Trinajstić information content (AvgIpc) is 3.28. The summed E-state index contributed by atoms with van der Waals surface area (Å²) < 4.78 is 36.9. The van der Waals surface area contributed by atoms with E-state index in [1.54, 1.807) is 19.2 Å². The Morgan fingerprint density at radius 3 is 2.33 bits per heavy atom. The predicted molar refractivity (Wildman–Crippen MR) is 116 cm³/mol. The van der Waals surface area contributed by atoms with Crippen molar-refractivity contribution in [2.45, 2.75) is 24.2 Å². The van der Waals surface area contributed by atoms with E-state index in [0.29, 0.717) is 6.42 Å². The number of methoxy groups -OCH3 is 1. The lowest BCUT2D eigenvalue weighted by molar-refractivity contribution is 0.0509. The SMILES string of the molecule is COc1ccc(CCOC(=O)c2cc(S(=O)(=O)N(C)C)ccc2N2CCCC2)cc1. The molecule has 2 aromatic carbocycles. The van der Waals surface area contributed by atoms with Crippen LogP contribution in [0.15, 0.2) is 47.4 Å². The van der Waals surface area contributed by atoms with Crippen molar-refractivity contribution in [3.8, 4) is 5.75 Å². The van der Waals surface area contributed by atoms with Crippen LogP contribution in [-0.2, 0) is 21.2 Å². The topological polar surface area (TPSA) is 76.1 Å². The zero-order valence-corrected chi connectivity index (χ0v) is 18.4. The van der Waals surface area contributed by atoms with Gasteiger partial charge in [0.05, 0.1) is 29.9 Å². The molecule has 0 bridgehead atoms. The number of nitrogens with zero attached hydrogens (tertiary/aromatic N) is 2. The maximum atomic E-state index is 12.9. The van der Waals surface area contributed by atoms with Crippen molar-refractivity contribution in [1.29, 1.82) is 0 Å². The zero-order valence-electron chi connectivity index (χ0n) is 17.6. The lowest BCUT2D eigenvalue weighted by Crippen LogP contribution is -2.25. The summed E-state index contributed by atoms with van der Waals surface area (Å²) >= 11 is 0. The fourth-order valence-corrected chi connectivity index (χ4v) is 4.34. The van der Waals surface area contributed by atoms with Crippen molar-refractivity contribution in [2.24, 2.45) is 0 Å². The number of sulfonamides is 1. The molecule has 0 aromatic heterocycles. The number of hydrogen-bond donors (Lipinski definition) is 0. The summed E-state index contributed by atoms with van der Waals surface area (Å²) in [5, 5.41) is 0. The highest BCUT2D eigenvalue weighted by Crippen LogP contribution is 2.28. The second-order valence-electron chi connectivity index (χ2n) is 7.39. The quantitative estimate of drug-likeness (QED) is 0.597. The van der Waals surface area contributed by atoms with Gasteiger partial charge in [-0.3, -0.25) is 0 Å². The number of carbonyl (C=O) groups is 1. The molecule has 1 aliphatic heterocycles. The van der Waals surface area contributed by atoms with Gasteiger partial charge in [0.15, 0.2) is 0 Å². The standard InChI is InChI=1S/C22H28N2O5S/c1-23(2)30(26,27)19-10-11-21(24-13-4-5-14-24)20(16-19)22(25)29-15-12-17-6-8-18(28-3)9-7-17/h6-11,16H,4-5,12-15H2,1-3H3. The predicted octanol–water partition coefficient (Wildman–Crippen LogP) is 2.95. The molecule has 0 unspecified atom stereocenters. The molecule has 0 atom stereocenters. The molecular weight excluding hydrogens is 404 g/mol. The Hall–Kier alpha value is -2.58. The minimum absolute atomic E-state index is 0.0811. The highest BCUT2D eigenvalue weighted by molar-refractivity contribution is 7.89. The fourth-order valence-electron chi connectivity index (χ4n) is 3.42. The molecular formula is C22H28N2O5S. The lowest BCUT2D eigenvalue weighted by atomic mass is 10.1. The molecule has 2 aromatic rings. The normalized spacial score (nSPS) is 14.2. The highest BCUT2D eigenvalue weighted by atomic mass is 32.2. The number of carbonyl (C=O) groups excluding carboxylic acids is 1. The second kappa shape index (κ2) is 9.49. The van der Waals surface area contributed by atoms with E-state index in [2.05, 4.69) is 4.90 Å². The van der Waals surface area contributed by atoms with Crippen LogP contribution < -0.4 is 9.64 Å².